The van der Waals surface area contributed by atoms with Crippen LogP contribution in [0.1, 0.15) is 43.3 Å². The molecule has 0 saturated heterocycles. The molecule has 0 spiro atoms. The van der Waals surface area contributed by atoms with Gasteiger partial charge in [-0.25, -0.2) is 4.98 Å². The number of aromatic nitrogens is 4. The van der Waals surface area contributed by atoms with Crippen molar-refractivity contribution < 1.29 is 0 Å². The Bertz CT molecular complexity index is 599. The predicted octanol–water partition coefficient (Wildman–Crippen LogP) is 3.21. The maximum atomic E-state index is 6.03. The second-order valence-electron chi connectivity index (χ2n) is 5.17. The predicted molar refractivity (Wildman–Crippen MR) is 68.5 cm³/mol. The zero-order valence-corrected chi connectivity index (χ0v) is 10.6. The fourth-order valence-electron chi connectivity index (χ4n) is 2.29. The van der Waals surface area contributed by atoms with E-state index in [0.29, 0.717) is 17.1 Å². The maximum Gasteiger partial charge on any atom is 0.147 e. The first-order valence-electron chi connectivity index (χ1n) is 6.38. The van der Waals surface area contributed by atoms with E-state index >= 15 is 0 Å². The Balaban J connectivity index is 1.79. The zero-order valence-electron chi connectivity index (χ0n) is 9.88. The van der Waals surface area contributed by atoms with E-state index in [1.807, 2.05) is 6.20 Å². The minimum Gasteiger partial charge on any atom is -0.326 e. The molecule has 0 unspecified atom stereocenters. The number of rotatable bonds is 3. The average molecular weight is 261 g/mol. The molecule has 2 aromatic rings. The first kappa shape index (κ1) is 10.5. The van der Waals surface area contributed by atoms with Gasteiger partial charge in [0.25, 0.3) is 0 Å². The first-order chi connectivity index (χ1) is 8.81. The largest absolute Gasteiger partial charge is 0.326 e. The molecule has 0 N–H and O–H groups in total. The summed E-state index contributed by atoms with van der Waals surface area (Å²) in [5.41, 5.74) is 2.12. The van der Waals surface area contributed by atoms with Crippen molar-refractivity contribution in [2.45, 2.75) is 37.6 Å². The van der Waals surface area contributed by atoms with Gasteiger partial charge in [0, 0.05) is 23.7 Å². The molecule has 2 fully saturated rings. The molecule has 4 nitrogen and oxygen atoms in total. The van der Waals surface area contributed by atoms with Crippen LogP contribution in [0.25, 0.3) is 11.4 Å². The van der Waals surface area contributed by atoms with Crippen molar-refractivity contribution in [2.24, 2.45) is 0 Å². The minimum atomic E-state index is 0.557. The lowest BCUT2D eigenvalue weighted by Crippen LogP contribution is -1.98. The second kappa shape index (κ2) is 3.79. The Hall–Kier alpha value is -1.42. The van der Waals surface area contributed by atoms with Crippen LogP contribution in [-0.4, -0.2) is 19.7 Å². The van der Waals surface area contributed by atoms with Gasteiger partial charge in [-0.3, -0.25) is 0 Å². The molecule has 0 bridgehead atoms. The van der Waals surface area contributed by atoms with Crippen molar-refractivity contribution >= 4 is 11.6 Å². The van der Waals surface area contributed by atoms with Crippen LogP contribution >= 0.6 is 11.6 Å². The summed E-state index contributed by atoms with van der Waals surface area (Å²) in [6.07, 6.45) is 8.60. The third-order valence-electron chi connectivity index (χ3n) is 3.57. The van der Waals surface area contributed by atoms with Gasteiger partial charge >= 0.3 is 0 Å². The van der Waals surface area contributed by atoms with Crippen molar-refractivity contribution in [1.29, 1.82) is 0 Å². The highest BCUT2D eigenvalue weighted by Gasteiger charge is 2.29. The van der Waals surface area contributed by atoms with Crippen LogP contribution in [0, 0.1) is 0 Å². The smallest absolute Gasteiger partial charge is 0.147 e. The van der Waals surface area contributed by atoms with Crippen LogP contribution in [0.2, 0.25) is 5.15 Å². The molecule has 2 aliphatic carbocycles. The molecule has 18 heavy (non-hydrogen) atoms. The lowest BCUT2D eigenvalue weighted by atomic mass is 10.2. The molecule has 2 heterocycles. The van der Waals surface area contributed by atoms with Crippen molar-refractivity contribution in [2.75, 3.05) is 0 Å². The highest BCUT2D eigenvalue weighted by Crippen LogP contribution is 2.41. The summed E-state index contributed by atoms with van der Waals surface area (Å²) in [6, 6.07) is 2.68. The number of hydrogen-bond donors (Lipinski definition) is 0. The third-order valence-corrected chi connectivity index (χ3v) is 3.75. The summed E-state index contributed by atoms with van der Waals surface area (Å²) in [7, 11) is 0. The van der Waals surface area contributed by atoms with Crippen LogP contribution in [0.5, 0.6) is 0 Å². The Kier molecular flexibility index (Phi) is 2.21. The highest BCUT2D eigenvalue weighted by molar-refractivity contribution is 6.29. The van der Waals surface area contributed by atoms with Crippen LogP contribution in [0.15, 0.2) is 18.5 Å². The summed E-state index contributed by atoms with van der Waals surface area (Å²) in [4.78, 5) is 4.42. The lowest BCUT2D eigenvalue weighted by Gasteiger charge is -2.06. The van der Waals surface area contributed by atoms with Gasteiger partial charge in [0.15, 0.2) is 0 Å². The number of imidazole rings is 1. The summed E-state index contributed by atoms with van der Waals surface area (Å²) in [6.45, 7) is 0. The van der Waals surface area contributed by atoms with Gasteiger partial charge < -0.3 is 4.57 Å². The van der Waals surface area contributed by atoms with E-state index in [1.54, 1.807) is 6.20 Å². The van der Waals surface area contributed by atoms with Crippen molar-refractivity contribution in [1.82, 2.24) is 19.7 Å². The average Bonchev–Trinajstić information content (AvgIpc) is 3.26. The molecule has 0 atom stereocenters. The monoisotopic (exact) mass is 260 g/mol. The summed E-state index contributed by atoms with van der Waals surface area (Å²) >= 11 is 6.03. The molecule has 0 aliphatic heterocycles. The SMILES string of the molecule is Clc1cn(C2CC2)c(-c2cnnc(C3CC3)c2)n1. The molecule has 2 aromatic heterocycles. The van der Waals surface area contributed by atoms with E-state index in [0.717, 1.165) is 17.1 Å². The first-order valence-corrected chi connectivity index (χ1v) is 6.76. The molecule has 0 radical (unpaired) electrons. The molecule has 4 rings (SSSR count). The van der Waals surface area contributed by atoms with Gasteiger partial charge in [-0.2, -0.15) is 10.2 Å². The van der Waals surface area contributed by atoms with Gasteiger partial charge in [-0.1, -0.05) is 11.6 Å². The van der Waals surface area contributed by atoms with Gasteiger partial charge in [-0.05, 0) is 31.7 Å². The van der Waals surface area contributed by atoms with Crippen molar-refractivity contribution in [3.63, 3.8) is 0 Å². The van der Waals surface area contributed by atoms with E-state index < -0.39 is 0 Å². The zero-order chi connectivity index (χ0) is 12.1. The Labute approximate surface area is 110 Å². The molecular weight excluding hydrogens is 248 g/mol. The van der Waals surface area contributed by atoms with E-state index in [-0.39, 0.29) is 0 Å². The van der Waals surface area contributed by atoms with Crippen molar-refractivity contribution in [3.05, 3.63) is 29.3 Å². The van der Waals surface area contributed by atoms with Gasteiger partial charge in [0.1, 0.15) is 11.0 Å². The van der Waals surface area contributed by atoms with E-state index in [9.17, 15) is 0 Å². The number of nitrogens with zero attached hydrogens (tertiary/aromatic N) is 4. The number of hydrogen-bond acceptors (Lipinski definition) is 3. The number of halogens is 1. The summed E-state index contributed by atoms with van der Waals surface area (Å²) < 4.78 is 2.18. The minimum absolute atomic E-state index is 0.557. The van der Waals surface area contributed by atoms with E-state index in [1.165, 1.54) is 25.7 Å². The van der Waals surface area contributed by atoms with Crippen LogP contribution < -0.4 is 0 Å². The van der Waals surface area contributed by atoms with Crippen LogP contribution in [-0.2, 0) is 0 Å². The maximum absolute atomic E-state index is 6.03. The van der Waals surface area contributed by atoms with E-state index in [2.05, 4.69) is 25.8 Å². The summed E-state index contributed by atoms with van der Waals surface area (Å²) in [5.74, 6) is 1.54. The molecule has 2 aliphatic rings. The Morgan fingerprint density at radius 1 is 1.22 bits per heavy atom. The van der Waals surface area contributed by atoms with Gasteiger partial charge in [-0.15, -0.1) is 0 Å². The molecule has 0 amide bonds. The quantitative estimate of drug-likeness (QED) is 0.851. The molecule has 0 aromatic carbocycles. The second-order valence-corrected chi connectivity index (χ2v) is 5.56. The Morgan fingerprint density at radius 2 is 2.06 bits per heavy atom. The van der Waals surface area contributed by atoms with Crippen LogP contribution in [0.4, 0.5) is 0 Å². The van der Waals surface area contributed by atoms with Gasteiger partial charge in [0.2, 0.25) is 0 Å². The third kappa shape index (κ3) is 1.81. The van der Waals surface area contributed by atoms with E-state index in [4.69, 9.17) is 11.6 Å². The Morgan fingerprint density at radius 3 is 2.78 bits per heavy atom. The fraction of sp³-hybridized carbons (Fsp3) is 0.462. The highest BCUT2D eigenvalue weighted by atomic mass is 35.5. The summed E-state index contributed by atoms with van der Waals surface area (Å²) in [5, 5.41) is 8.87. The van der Waals surface area contributed by atoms with Crippen LogP contribution in [0.3, 0.4) is 0 Å². The van der Waals surface area contributed by atoms with Crippen molar-refractivity contribution in [3.8, 4) is 11.4 Å². The molecule has 2 saturated carbocycles. The standard InChI is InChI=1S/C13H13ClN4/c14-12-7-18(10-3-4-10)13(16-12)9-5-11(8-1-2-8)17-15-6-9/h5-8,10H,1-4H2. The molecule has 5 heteroatoms. The molecule has 92 valence electrons. The fourth-order valence-corrected chi connectivity index (χ4v) is 2.48. The van der Waals surface area contributed by atoms with Gasteiger partial charge in [0.05, 0.1) is 11.9 Å². The topological polar surface area (TPSA) is 43.6 Å². The molecular formula is C13H13ClN4. The normalized spacial score (nSPS) is 19.2. The lowest BCUT2D eigenvalue weighted by molar-refractivity contribution is 0.748.